The summed E-state index contributed by atoms with van der Waals surface area (Å²) in [6.45, 7) is 4.07. The smallest absolute Gasteiger partial charge is 0.315 e. The fraction of sp³-hybridized carbons (Fsp3) is 0.450. The van der Waals surface area contributed by atoms with E-state index in [0.717, 1.165) is 41.5 Å². The van der Waals surface area contributed by atoms with Crippen LogP contribution in [0.3, 0.4) is 0 Å². The number of ether oxygens (including phenoxy) is 1. The van der Waals surface area contributed by atoms with Crippen molar-refractivity contribution < 1.29 is 14.3 Å². The summed E-state index contributed by atoms with van der Waals surface area (Å²) in [7, 11) is 3.71. The number of nitrogens with zero attached hydrogens (tertiary/aromatic N) is 4. The number of benzene rings is 1. The minimum Gasteiger partial charge on any atom is -0.495 e. The fourth-order valence-electron chi connectivity index (χ4n) is 3.71. The van der Waals surface area contributed by atoms with Gasteiger partial charge < -0.3 is 19.4 Å². The highest BCUT2D eigenvalue weighted by Crippen LogP contribution is 2.29. The lowest BCUT2D eigenvalue weighted by atomic mass is 10.2. The molecule has 0 atom stereocenters. The third kappa shape index (κ3) is 4.20. The van der Waals surface area contributed by atoms with Gasteiger partial charge in [-0.05, 0) is 19.2 Å². The number of thiazole rings is 1. The third-order valence-electron chi connectivity index (χ3n) is 5.33. The minimum atomic E-state index is -0.616. The van der Waals surface area contributed by atoms with Crippen molar-refractivity contribution in [3.05, 3.63) is 34.8 Å². The van der Waals surface area contributed by atoms with Gasteiger partial charge in [0.1, 0.15) is 5.75 Å². The number of methoxy groups -OCH3 is 1. The van der Waals surface area contributed by atoms with Crippen LogP contribution in [-0.2, 0) is 22.6 Å². The van der Waals surface area contributed by atoms with Crippen molar-refractivity contribution >= 4 is 34.0 Å². The van der Waals surface area contributed by atoms with Gasteiger partial charge in [0.25, 0.3) is 0 Å². The van der Waals surface area contributed by atoms with Crippen LogP contribution < -0.4 is 15.0 Å². The molecule has 0 unspecified atom stereocenters. The number of nitrogens with one attached hydrogen (secondary N) is 1. The van der Waals surface area contributed by atoms with Gasteiger partial charge in [-0.25, -0.2) is 4.98 Å². The number of likely N-dealkylation sites (N-methyl/N-ethyl adjacent to an activating group) is 1. The fourth-order valence-corrected chi connectivity index (χ4v) is 4.80. The quantitative estimate of drug-likeness (QED) is 0.764. The maximum Gasteiger partial charge on any atom is 0.315 e. The lowest BCUT2D eigenvalue weighted by molar-refractivity contribution is -0.143. The summed E-state index contributed by atoms with van der Waals surface area (Å²) in [6, 6.07) is 7.82. The Balaban J connectivity index is 1.34. The summed E-state index contributed by atoms with van der Waals surface area (Å²) < 4.78 is 5.42. The van der Waals surface area contributed by atoms with Gasteiger partial charge in [-0.15, -0.1) is 11.3 Å². The van der Waals surface area contributed by atoms with E-state index in [9.17, 15) is 9.59 Å². The zero-order valence-corrected chi connectivity index (χ0v) is 17.5. The van der Waals surface area contributed by atoms with Gasteiger partial charge in [-0.1, -0.05) is 12.1 Å². The second kappa shape index (κ2) is 8.38. The molecule has 3 heterocycles. The number of carbonyl (C=O) groups excluding carboxylic acids is 2. The van der Waals surface area contributed by atoms with E-state index in [-0.39, 0.29) is 0 Å². The van der Waals surface area contributed by atoms with Gasteiger partial charge in [0.05, 0.1) is 18.5 Å². The molecule has 2 aromatic rings. The molecule has 9 heteroatoms. The van der Waals surface area contributed by atoms with Gasteiger partial charge >= 0.3 is 11.8 Å². The van der Waals surface area contributed by atoms with Crippen LogP contribution in [-0.4, -0.2) is 73.5 Å². The molecule has 1 N–H and O–H groups in total. The van der Waals surface area contributed by atoms with Crippen molar-refractivity contribution in [3.8, 4) is 5.75 Å². The van der Waals surface area contributed by atoms with E-state index in [0.29, 0.717) is 31.3 Å². The van der Waals surface area contributed by atoms with Crippen LogP contribution in [0.15, 0.2) is 24.3 Å². The monoisotopic (exact) mass is 415 g/mol. The molecular weight excluding hydrogens is 390 g/mol. The molecule has 1 fully saturated rings. The summed E-state index contributed by atoms with van der Waals surface area (Å²) in [5.41, 5.74) is 2.03. The number of piperazine rings is 1. The summed E-state index contributed by atoms with van der Waals surface area (Å²) in [5, 5.41) is 3.21. The van der Waals surface area contributed by atoms with Crippen molar-refractivity contribution in [1.82, 2.24) is 14.8 Å². The average Bonchev–Trinajstić information content (AvgIpc) is 3.14. The summed E-state index contributed by atoms with van der Waals surface area (Å²) in [4.78, 5) is 36.7. The zero-order chi connectivity index (χ0) is 20.4. The molecule has 1 aromatic carbocycles. The lowest BCUT2D eigenvalue weighted by Crippen LogP contribution is -2.51. The topological polar surface area (TPSA) is 78.0 Å². The summed E-state index contributed by atoms with van der Waals surface area (Å²) in [5.74, 6) is -0.312. The number of rotatable bonds is 3. The van der Waals surface area contributed by atoms with Crippen molar-refractivity contribution in [2.45, 2.75) is 13.0 Å². The predicted octanol–water partition coefficient (Wildman–Crippen LogP) is 1.43. The van der Waals surface area contributed by atoms with Crippen LogP contribution >= 0.6 is 11.3 Å². The maximum atomic E-state index is 12.6. The first-order valence-electron chi connectivity index (χ1n) is 9.70. The highest BCUT2D eigenvalue weighted by atomic mass is 32.1. The van der Waals surface area contributed by atoms with Crippen LogP contribution in [0.5, 0.6) is 5.75 Å². The van der Waals surface area contributed by atoms with Crippen molar-refractivity contribution in [2.24, 2.45) is 0 Å². The van der Waals surface area contributed by atoms with E-state index in [1.807, 2.05) is 24.3 Å². The second-order valence-electron chi connectivity index (χ2n) is 7.28. The summed E-state index contributed by atoms with van der Waals surface area (Å²) >= 11 is 1.46. The summed E-state index contributed by atoms with van der Waals surface area (Å²) in [6.07, 6.45) is 0.872. The van der Waals surface area contributed by atoms with Crippen LogP contribution in [0.25, 0.3) is 0 Å². The van der Waals surface area contributed by atoms with Crippen molar-refractivity contribution in [1.29, 1.82) is 0 Å². The van der Waals surface area contributed by atoms with E-state index in [1.165, 1.54) is 11.3 Å². The largest absolute Gasteiger partial charge is 0.495 e. The predicted molar refractivity (Wildman–Crippen MR) is 113 cm³/mol. The molecule has 0 saturated carbocycles. The lowest BCUT2D eigenvalue weighted by Gasteiger charge is -2.36. The second-order valence-corrected chi connectivity index (χ2v) is 8.37. The Morgan fingerprint density at radius 1 is 1.14 bits per heavy atom. The van der Waals surface area contributed by atoms with E-state index < -0.39 is 11.8 Å². The Morgan fingerprint density at radius 2 is 1.90 bits per heavy atom. The molecule has 154 valence electrons. The number of fused-ring (bicyclic) bond motifs is 1. The van der Waals surface area contributed by atoms with Gasteiger partial charge in [0, 0.05) is 50.6 Å². The standard InChI is InChI=1S/C20H25N5O3S/c1-23-8-7-14-17(13-23)29-20(21-14)22-18(26)19(27)25-11-9-24(10-12-25)15-5-3-4-6-16(15)28-2/h3-6H,7-13H2,1-2H3,(H,21,22,26). The Labute approximate surface area is 174 Å². The van der Waals surface area contributed by atoms with Gasteiger partial charge in [-0.2, -0.15) is 0 Å². The molecule has 1 aromatic heterocycles. The van der Waals surface area contributed by atoms with E-state index in [2.05, 4.69) is 27.1 Å². The molecule has 2 amide bonds. The molecule has 8 nitrogen and oxygen atoms in total. The highest BCUT2D eigenvalue weighted by Gasteiger charge is 2.28. The minimum absolute atomic E-state index is 0.490. The molecule has 0 aliphatic carbocycles. The number of hydrogen-bond donors (Lipinski definition) is 1. The van der Waals surface area contributed by atoms with Gasteiger partial charge in [0.2, 0.25) is 0 Å². The van der Waals surface area contributed by atoms with Crippen LogP contribution in [0.4, 0.5) is 10.8 Å². The number of carbonyl (C=O) groups is 2. The molecule has 0 bridgehead atoms. The first-order valence-corrected chi connectivity index (χ1v) is 10.5. The van der Waals surface area contributed by atoms with Crippen LogP contribution in [0.1, 0.15) is 10.6 Å². The number of hydrogen-bond acceptors (Lipinski definition) is 7. The molecule has 0 radical (unpaired) electrons. The Bertz CT molecular complexity index is 907. The maximum absolute atomic E-state index is 12.6. The van der Waals surface area contributed by atoms with Crippen LogP contribution in [0.2, 0.25) is 0 Å². The number of amides is 2. The first-order chi connectivity index (χ1) is 14.0. The van der Waals surface area contributed by atoms with Gasteiger partial charge in [0.15, 0.2) is 5.13 Å². The molecule has 1 saturated heterocycles. The first kappa shape index (κ1) is 19.7. The van der Waals surface area contributed by atoms with E-state index in [1.54, 1.807) is 12.0 Å². The van der Waals surface area contributed by atoms with E-state index >= 15 is 0 Å². The molecule has 0 spiro atoms. The van der Waals surface area contributed by atoms with Crippen LogP contribution in [0, 0.1) is 0 Å². The average molecular weight is 416 g/mol. The number of para-hydroxylation sites is 2. The highest BCUT2D eigenvalue weighted by molar-refractivity contribution is 7.16. The molecule has 4 rings (SSSR count). The number of anilines is 2. The Hall–Kier alpha value is -2.65. The third-order valence-corrected chi connectivity index (χ3v) is 6.33. The Kier molecular flexibility index (Phi) is 5.68. The Morgan fingerprint density at radius 3 is 2.66 bits per heavy atom. The normalized spacial score (nSPS) is 17.0. The zero-order valence-electron chi connectivity index (χ0n) is 16.7. The van der Waals surface area contributed by atoms with Crippen molar-refractivity contribution in [3.63, 3.8) is 0 Å². The van der Waals surface area contributed by atoms with E-state index in [4.69, 9.17) is 4.74 Å². The van der Waals surface area contributed by atoms with Crippen molar-refractivity contribution in [2.75, 3.05) is 57.1 Å². The number of aromatic nitrogens is 1. The molecule has 2 aliphatic rings. The molecular formula is C20H25N5O3S. The SMILES string of the molecule is COc1ccccc1N1CCN(C(=O)C(=O)Nc2nc3c(s2)CN(C)CC3)CC1. The molecule has 2 aliphatic heterocycles. The molecule has 29 heavy (non-hydrogen) atoms. The van der Waals surface area contributed by atoms with Gasteiger partial charge in [-0.3, -0.25) is 14.9 Å².